The largest absolute Gasteiger partial charge is 0.756 e. The maximum absolute atomic E-state index is 12.8. The third-order valence-corrected chi connectivity index (χ3v) is 10.8. The van der Waals surface area contributed by atoms with Crippen LogP contribution < -0.4 is 10.2 Å². The van der Waals surface area contributed by atoms with Crippen molar-refractivity contribution in [2.75, 3.05) is 40.9 Å². The zero-order valence-corrected chi connectivity index (χ0v) is 34.8. The Hall–Kier alpha value is -0.500. The fourth-order valence-corrected chi connectivity index (χ4v) is 7.12. The average Bonchev–Trinajstić information content (AvgIpc) is 3.06. The minimum atomic E-state index is -4.55. The number of nitrogens with zero attached hydrogens (tertiary/aromatic N) is 1. The van der Waals surface area contributed by atoms with Gasteiger partial charge in [0.2, 0.25) is 5.91 Å². The molecule has 0 aliphatic carbocycles. The van der Waals surface area contributed by atoms with Crippen molar-refractivity contribution in [1.29, 1.82) is 0 Å². The lowest BCUT2D eigenvalue weighted by Crippen LogP contribution is -2.46. The van der Waals surface area contributed by atoms with Gasteiger partial charge in [0.15, 0.2) is 0 Å². The summed E-state index contributed by atoms with van der Waals surface area (Å²) in [4.78, 5) is 25.2. The average molecular weight is 733 g/mol. The smallest absolute Gasteiger partial charge is 0.268 e. The molecule has 8 nitrogen and oxygen atoms in total. The molecule has 3 atom stereocenters. The normalized spacial score (nSPS) is 14.5. The third kappa shape index (κ3) is 35.9. The summed E-state index contributed by atoms with van der Waals surface area (Å²) in [5.74, 6) is -0.163. The molecule has 2 N–H and O–H groups in total. The standard InChI is InChI=1S/C41H85N2O6P/c1-6-8-10-12-14-16-18-19-20-21-22-23-25-27-29-31-33-35-41(45)42-39(38-49-50(46,47)48-37-36-43(3,4)5)40(44)34-32-30-28-26-24-17-15-13-11-9-7-2/h39-40,44H,6-38H2,1-5H3,(H-,42,45,46,47)/t39-,40+/m0/s1. The van der Waals surface area contributed by atoms with E-state index in [1.54, 1.807) is 0 Å². The first-order valence-corrected chi connectivity index (χ1v) is 22.8. The van der Waals surface area contributed by atoms with Crippen LogP contribution in [-0.2, 0) is 18.4 Å². The van der Waals surface area contributed by atoms with Gasteiger partial charge < -0.3 is 28.8 Å². The maximum atomic E-state index is 12.8. The quantitative estimate of drug-likeness (QED) is 0.0370. The lowest BCUT2D eigenvalue weighted by molar-refractivity contribution is -0.870. The van der Waals surface area contributed by atoms with Gasteiger partial charge in [0.1, 0.15) is 13.2 Å². The summed E-state index contributed by atoms with van der Waals surface area (Å²) >= 11 is 0. The summed E-state index contributed by atoms with van der Waals surface area (Å²) < 4.78 is 23.2. The molecule has 0 saturated heterocycles. The zero-order valence-electron chi connectivity index (χ0n) is 33.9. The number of likely N-dealkylation sites (N-methyl/N-ethyl adjacent to an activating group) is 1. The number of hydrogen-bond acceptors (Lipinski definition) is 6. The third-order valence-electron chi connectivity index (χ3n) is 9.85. The number of carbonyl (C=O) groups excluding carboxylic acids is 1. The summed E-state index contributed by atoms with van der Waals surface area (Å²) in [6, 6.07) is -0.791. The monoisotopic (exact) mass is 733 g/mol. The SMILES string of the molecule is CCCCCCCCCCCCCCCCCCCC(=O)N[C@@H](COP(=O)([O-])OCC[N+](C)(C)C)[C@H](O)CCCCCCCCCCCCC. The van der Waals surface area contributed by atoms with E-state index < -0.39 is 20.0 Å². The minimum Gasteiger partial charge on any atom is -0.756 e. The Bertz CT molecular complexity index is 794. The summed E-state index contributed by atoms with van der Waals surface area (Å²) in [6.45, 7) is 4.72. The van der Waals surface area contributed by atoms with E-state index in [1.165, 1.54) is 141 Å². The van der Waals surface area contributed by atoms with Crippen molar-refractivity contribution >= 4 is 13.7 Å². The predicted molar refractivity (Wildman–Crippen MR) is 210 cm³/mol. The van der Waals surface area contributed by atoms with Crippen LogP contribution in [0.25, 0.3) is 0 Å². The van der Waals surface area contributed by atoms with Gasteiger partial charge in [0, 0.05) is 6.42 Å². The van der Waals surface area contributed by atoms with Crippen LogP contribution >= 0.6 is 7.82 Å². The van der Waals surface area contributed by atoms with Gasteiger partial charge in [-0.1, -0.05) is 187 Å². The Balaban J connectivity index is 4.31. The van der Waals surface area contributed by atoms with E-state index in [0.29, 0.717) is 23.9 Å². The fourth-order valence-electron chi connectivity index (χ4n) is 6.39. The molecule has 0 aliphatic rings. The molecule has 0 radical (unpaired) electrons. The number of phosphoric acid groups is 1. The topological polar surface area (TPSA) is 108 Å². The summed E-state index contributed by atoms with van der Waals surface area (Å²) in [5, 5.41) is 13.9. The van der Waals surface area contributed by atoms with E-state index in [1.807, 2.05) is 21.1 Å². The maximum Gasteiger partial charge on any atom is 0.268 e. The van der Waals surface area contributed by atoms with Gasteiger partial charge in [0.05, 0.1) is 39.9 Å². The van der Waals surface area contributed by atoms with Crippen LogP contribution in [0.2, 0.25) is 0 Å². The van der Waals surface area contributed by atoms with E-state index in [0.717, 1.165) is 38.5 Å². The van der Waals surface area contributed by atoms with Crippen LogP contribution in [-0.4, -0.2) is 68.5 Å². The van der Waals surface area contributed by atoms with Crippen LogP contribution in [0.3, 0.4) is 0 Å². The molecule has 1 amide bonds. The number of hydrogen-bond donors (Lipinski definition) is 2. The number of nitrogens with one attached hydrogen (secondary N) is 1. The van der Waals surface area contributed by atoms with Crippen molar-refractivity contribution in [3.05, 3.63) is 0 Å². The molecule has 0 aliphatic heterocycles. The van der Waals surface area contributed by atoms with E-state index in [2.05, 4.69) is 19.2 Å². The second kappa shape index (κ2) is 34.3. The number of carbonyl (C=O) groups is 1. The summed E-state index contributed by atoms with van der Waals surface area (Å²) in [5.41, 5.74) is 0. The highest BCUT2D eigenvalue weighted by molar-refractivity contribution is 7.45. The van der Waals surface area contributed by atoms with Crippen LogP contribution in [0, 0.1) is 0 Å². The van der Waals surface area contributed by atoms with Crippen molar-refractivity contribution in [2.24, 2.45) is 0 Å². The van der Waals surface area contributed by atoms with E-state index in [-0.39, 0.29) is 19.1 Å². The number of aliphatic hydroxyl groups excluding tert-OH is 1. The molecule has 1 unspecified atom stereocenters. The molecule has 0 spiro atoms. The van der Waals surface area contributed by atoms with Crippen molar-refractivity contribution in [2.45, 2.75) is 219 Å². The highest BCUT2D eigenvalue weighted by Crippen LogP contribution is 2.38. The predicted octanol–water partition coefficient (Wildman–Crippen LogP) is 10.8. The molecule has 9 heteroatoms. The van der Waals surface area contributed by atoms with Gasteiger partial charge in [0.25, 0.3) is 7.82 Å². The Morgan fingerprint density at radius 1 is 0.620 bits per heavy atom. The van der Waals surface area contributed by atoms with Gasteiger partial charge in [-0.05, 0) is 12.8 Å². The van der Waals surface area contributed by atoms with E-state index >= 15 is 0 Å². The number of aliphatic hydroxyl groups is 1. The minimum absolute atomic E-state index is 0.0158. The van der Waals surface area contributed by atoms with Crippen molar-refractivity contribution in [1.82, 2.24) is 5.32 Å². The zero-order chi connectivity index (χ0) is 37.2. The van der Waals surface area contributed by atoms with Crippen LogP contribution in [0.1, 0.15) is 206 Å². The number of quaternary nitrogens is 1. The first-order chi connectivity index (χ1) is 24.0. The van der Waals surface area contributed by atoms with Crippen molar-refractivity contribution in [3.8, 4) is 0 Å². The summed E-state index contributed by atoms with van der Waals surface area (Å²) in [7, 11) is 1.31. The van der Waals surface area contributed by atoms with Crippen LogP contribution in [0.4, 0.5) is 0 Å². The molecule has 0 rings (SSSR count). The van der Waals surface area contributed by atoms with E-state index in [9.17, 15) is 19.4 Å². The van der Waals surface area contributed by atoms with Crippen LogP contribution in [0.5, 0.6) is 0 Å². The van der Waals surface area contributed by atoms with Crippen molar-refractivity contribution in [3.63, 3.8) is 0 Å². The molecule has 0 heterocycles. The highest BCUT2D eigenvalue weighted by Gasteiger charge is 2.24. The lowest BCUT2D eigenvalue weighted by atomic mass is 10.0. The van der Waals surface area contributed by atoms with Gasteiger partial charge in [-0.3, -0.25) is 9.36 Å². The Kier molecular flexibility index (Phi) is 33.9. The fraction of sp³-hybridized carbons (Fsp3) is 0.976. The molecule has 0 aromatic heterocycles. The van der Waals surface area contributed by atoms with Crippen molar-refractivity contribution < 1.29 is 32.9 Å². The van der Waals surface area contributed by atoms with Gasteiger partial charge in [-0.25, -0.2) is 0 Å². The Morgan fingerprint density at radius 2 is 0.980 bits per heavy atom. The molecule has 50 heavy (non-hydrogen) atoms. The molecular weight excluding hydrogens is 647 g/mol. The Morgan fingerprint density at radius 3 is 1.36 bits per heavy atom. The molecule has 0 aromatic carbocycles. The molecular formula is C41H85N2O6P. The second-order valence-electron chi connectivity index (χ2n) is 16.1. The molecule has 0 saturated carbocycles. The summed E-state index contributed by atoms with van der Waals surface area (Å²) in [6.07, 6.45) is 35.3. The van der Waals surface area contributed by atoms with Gasteiger partial charge in [-0.2, -0.15) is 0 Å². The van der Waals surface area contributed by atoms with E-state index in [4.69, 9.17) is 9.05 Å². The Labute approximate surface area is 310 Å². The van der Waals surface area contributed by atoms with Crippen LogP contribution in [0.15, 0.2) is 0 Å². The lowest BCUT2D eigenvalue weighted by Gasteiger charge is -2.30. The number of phosphoric ester groups is 1. The second-order valence-corrected chi connectivity index (χ2v) is 17.5. The first-order valence-electron chi connectivity index (χ1n) is 21.4. The number of rotatable bonds is 39. The molecule has 300 valence electrons. The first kappa shape index (κ1) is 49.5. The highest BCUT2D eigenvalue weighted by atomic mass is 31.2. The molecule has 0 fully saturated rings. The number of amides is 1. The van der Waals surface area contributed by atoms with Gasteiger partial charge >= 0.3 is 0 Å². The van der Waals surface area contributed by atoms with Gasteiger partial charge in [-0.15, -0.1) is 0 Å². The molecule has 0 bridgehead atoms. The molecule has 0 aromatic rings. The number of unbranched alkanes of at least 4 members (excludes halogenated alkanes) is 26.